The van der Waals surface area contributed by atoms with Crippen LogP contribution in [0.2, 0.25) is 0 Å². The van der Waals surface area contributed by atoms with E-state index >= 15 is 0 Å². The van der Waals surface area contributed by atoms with Gasteiger partial charge >= 0.3 is 0 Å². The van der Waals surface area contributed by atoms with E-state index in [1.165, 1.54) is 6.08 Å². The number of hydrogen-bond acceptors (Lipinski definition) is 5. The Morgan fingerprint density at radius 1 is 1.30 bits per heavy atom. The number of amides is 2. The number of primary amides is 1. The number of pyridine rings is 1. The second kappa shape index (κ2) is 8.98. The lowest BCUT2D eigenvalue weighted by Crippen LogP contribution is -2.31. The molecule has 0 aliphatic carbocycles. The van der Waals surface area contributed by atoms with Crippen molar-refractivity contribution < 1.29 is 9.59 Å². The molecular weight excluding hydrogens is 344 g/mol. The number of aryl methyl sites for hydroxylation is 1. The second-order valence-electron chi connectivity index (χ2n) is 6.38. The lowest BCUT2D eigenvalue weighted by molar-refractivity contribution is -0.121. The van der Waals surface area contributed by atoms with Crippen LogP contribution in [-0.4, -0.2) is 33.7 Å². The molecule has 0 radical (unpaired) electrons. The Balaban J connectivity index is 2.00. The molecule has 2 rings (SSSR count). The Morgan fingerprint density at radius 2 is 1.96 bits per heavy atom. The molecule has 0 spiro atoms. The molecule has 8 heteroatoms. The first kappa shape index (κ1) is 20.2. The Bertz CT molecular complexity index is 841. The Morgan fingerprint density at radius 3 is 2.59 bits per heavy atom. The number of allylic oxidation sites excluding steroid dienone is 1. The largest absolute Gasteiger partial charge is 0.366 e. The van der Waals surface area contributed by atoms with E-state index in [9.17, 15) is 9.59 Å². The van der Waals surface area contributed by atoms with E-state index in [0.29, 0.717) is 25.1 Å². The van der Waals surface area contributed by atoms with E-state index in [0.717, 1.165) is 22.5 Å². The fraction of sp³-hybridized carbons (Fsp3) is 0.368. The fourth-order valence-electron chi connectivity index (χ4n) is 2.79. The summed E-state index contributed by atoms with van der Waals surface area (Å²) in [6.45, 7) is 6.12. The first-order valence-electron chi connectivity index (χ1n) is 8.72. The molecule has 0 aromatic carbocycles. The summed E-state index contributed by atoms with van der Waals surface area (Å²) >= 11 is 0. The van der Waals surface area contributed by atoms with Crippen molar-refractivity contribution in [3.05, 3.63) is 58.8 Å². The molecule has 2 heterocycles. The van der Waals surface area contributed by atoms with Gasteiger partial charge in [0.15, 0.2) is 0 Å². The summed E-state index contributed by atoms with van der Waals surface area (Å²) in [4.78, 5) is 28.9. The predicted molar refractivity (Wildman–Crippen MR) is 103 cm³/mol. The van der Waals surface area contributed by atoms with Crippen molar-refractivity contribution in [2.24, 2.45) is 5.73 Å². The van der Waals surface area contributed by atoms with Crippen molar-refractivity contribution in [2.45, 2.75) is 40.2 Å². The van der Waals surface area contributed by atoms with Gasteiger partial charge in [0.05, 0.1) is 11.4 Å². The summed E-state index contributed by atoms with van der Waals surface area (Å²) in [5.74, 6) is -0.525. The third-order valence-electron chi connectivity index (χ3n) is 4.41. The molecule has 0 unspecified atom stereocenters. The van der Waals surface area contributed by atoms with Crippen LogP contribution in [0, 0.1) is 13.8 Å². The smallest absolute Gasteiger partial charge is 0.243 e. The maximum atomic E-state index is 12.2. The third-order valence-corrected chi connectivity index (χ3v) is 4.41. The van der Waals surface area contributed by atoms with Gasteiger partial charge in [-0.3, -0.25) is 19.6 Å². The summed E-state index contributed by atoms with van der Waals surface area (Å²) in [7, 11) is 1.80. The van der Waals surface area contributed by atoms with E-state index < -0.39 is 5.91 Å². The molecule has 2 amide bonds. The van der Waals surface area contributed by atoms with Crippen LogP contribution in [0.1, 0.15) is 35.9 Å². The van der Waals surface area contributed by atoms with Crippen molar-refractivity contribution in [2.75, 3.05) is 12.1 Å². The van der Waals surface area contributed by atoms with E-state index in [4.69, 9.17) is 5.73 Å². The van der Waals surface area contributed by atoms with Crippen LogP contribution in [0.4, 0.5) is 0 Å². The standard InChI is InChI=1S/C19H26N6O2/c1-13(11-18(20)26)24(4)25-15(3)17(14(2)23-25)5-6-19(27)22-12-16-7-9-21-10-8-16/h7-11H,5-6,12H2,1-4H3,(H2,20,26)(H,22,27)/b13-11-. The average molecular weight is 370 g/mol. The minimum atomic E-state index is -0.507. The number of aromatic nitrogens is 3. The zero-order valence-electron chi connectivity index (χ0n) is 16.2. The molecule has 2 aromatic heterocycles. The molecule has 3 N–H and O–H groups in total. The molecule has 0 saturated carbocycles. The number of nitrogens with two attached hydrogens (primary N) is 1. The molecule has 0 bridgehead atoms. The molecule has 2 aromatic rings. The maximum Gasteiger partial charge on any atom is 0.243 e. The van der Waals surface area contributed by atoms with Crippen molar-refractivity contribution in [3.8, 4) is 0 Å². The van der Waals surface area contributed by atoms with Gasteiger partial charge in [0, 0.05) is 44.2 Å². The van der Waals surface area contributed by atoms with E-state index in [2.05, 4.69) is 15.4 Å². The van der Waals surface area contributed by atoms with E-state index in [1.54, 1.807) is 36.2 Å². The molecule has 0 aliphatic heterocycles. The Hall–Kier alpha value is -3.16. The summed E-state index contributed by atoms with van der Waals surface area (Å²) in [6, 6.07) is 3.74. The molecule has 0 atom stereocenters. The van der Waals surface area contributed by atoms with E-state index in [-0.39, 0.29) is 5.91 Å². The molecule has 0 aliphatic rings. The second-order valence-corrected chi connectivity index (χ2v) is 6.38. The Kier molecular flexibility index (Phi) is 6.70. The highest BCUT2D eigenvalue weighted by Crippen LogP contribution is 2.16. The van der Waals surface area contributed by atoms with Crippen LogP contribution >= 0.6 is 0 Å². The number of nitrogens with one attached hydrogen (secondary N) is 1. The average Bonchev–Trinajstić information content (AvgIpc) is 2.91. The van der Waals surface area contributed by atoms with Crippen LogP contribution in [0.3, 0.4) is 0 Å². The van der Waals surface area contributed by atoms with Crippen LogP contribution in [0.25, 0.3) is 0 Å². The SMILES string of the molecule is C/C(=C/C(N)=O)N(C)n1nc(C)c(CCC(=O)NCc2ccncc2)c1C. The lowest BCUT2D eigenvalue weighted by atomic mass is 10.1. The van der Waals surface area contributed by atoms with Crippen LogP contribution in [-0.2, 0) is 22.6 Å². The summed E-state index contributed by atoms with van der Waals surface area (Å²) in [5.41, 5.74) is 9.70. The molecule has 0 fully saturated rings. The zero-order chi connectivity index (χ0) is 20.0. The monoisotopic (exact) mass is 370 g/mol. The minimum Gasteiger partial charge on any atom is -0.366 e. The Labute approximate surface area is 159 Å². The van der Waals surface area contributed by atoms with Gasteiger partial charge in [-0.25, -0.2) is 0 Å². The van der Waals surface area contributed by atoms with Crippen molar-refractivity contribution in [1.82, 2.24) is 20.2 Å². The van der Waals surface area contributed by atoms with Crippen molar-refractivity contribution in [1.29, 1.82) is 0 Å². The number of rotatable bonds is 8. The quantitative estimate of drug-likeness (QED) is 0.677. The number of carbonyl (C=O) groups excluding carboxylic acids is 2. The number of nitrogens with zero attached hydrogens (tertiary/aromatic N) is 4. The minimum absolute atomic E-state index is 0.0171. The maximum absolute atomic E-state index is 12.2. The molecule has 144 valence electrons. The molecule has 27 heavy (non-hydrogen) atoms. The third kappa shape index (κ3) is 5.40. The highest BCUT2D eigenvalue weighted by molar-refractivity contribution is 5.86. The van der Waals surface area contributed by atoms with Crippen LogP contribution in [0.15, 0.2) is 36.3 Å². The van der Waals surface area contributed by atoms with Gasteiger partial charge in [-0.15, -0.1) is 0 Å². The first-order chi connectivity index (χ1) is 12.8. The van der Waals surface area contributed by atoms with Gasteiger partial charge in [-0.1, -0.05) is 0 Å². The van der Waals surface area contributed by atoms with Crippen molar-refractivity contribution in [3.63, 3.8) is 0 Å². The van der Waals surface area contributed by atoms with E-state index in [1.807, 2.05) is 26.0 Å². The van der Waals surface area contributed by atoms with Gasteiger partial charge in [0.2, 0.25) is 11.8 Å². The summed E-state index contributed by atoms with van der Waals surface area (Å²) < 4.78 is 0. The summed E-state index contributed by atoms with van der Waals surface area (Å²) in [5, 5.41) is 9.18. The van der Waals surface area contributed by atoms with Crippen LogP contribution < -0.4 is 16.1 Å². The van der Waals surface area contributed by atoms with Gasteiger partial charge in [-0.05, 0) is 50.5 Å². The van der Waals surface area contributed by atoms with Gasteiger partial charge in [-0.2, -0.15) is 9.89 Å². The predicted octanol–water partition coefficient (Wildman–Crippen LogP) is 1.10. The normalized spacial score (nSPS) is 11.3. The molecule has 0 saturated heterocycles. The first-order valence-corrected chi connectivity index (χ1v) is 8.72. The number of carbonyl (C=O) groups is 2. The topological polar surface area (TPSA) is 106 Å². The molecule has 8 nitrogen and oxygen atoms in total. The number of hydrogen-bond donors (Lipinski definition) is 2. The fourth-order valence-corrected chi connectivity index (χ4v) is 2.79. The zero-order valence-corrected chi connectivity index (χ0v) is 16.2. The van der Waals surface area contributed by atoms with Gasteiger partial charge in [0.25, 0.3) is 0 Å². The van der Waals surface area contributed by atoms with Crippen molar-refractivity contribution >= 4 is 11.8 Å². The lowest BCUT2D eigenvalue weighted by Gasteiger charge is -2.21. The van der Waals surface area contributed by atoms with Gasteiger partial charge < -0.3 is 11.1 Å². The summed E-state index contributed by atoms with van der Waals surface area (Å²) in [6.07, 6.45) is 5.72. The molecular formula is C19H26N6O2. The van der Waals surface area contributed by atoms with Gasteiger partial charge in [0.1, 0.15) is 0 Å². The highest BCUT2D eigenvalue weighted by Gasteiger charge is 2.16. The van der Waals surface area contributed by atoms with Crippen LogP contribution in [0.5, 0.6) is 0 Å². The highest BCUT2D eigenvalue weighted by atomic mass is 16.1.